The van der Waals surface area contributed by atoms with Crippen LogP contribution in [0.15, 0.2) is 30.3 Å². The van der Waals surface area contributed by atoms with Crippen LogP contribution in [0.5, 0.6) is 0 Å². The Balaban J connectivity index is 1.79. The monoisotopic (exact) mass is 300 g/mol. The zero-order valence-corrected chi connectivity index (χ0v) is 12.7. The average molecular weight is 300 g/mol. The molecular weight excluding hydrogens is 280 g/mol. The summed E-state index contributed by atoms with van der Waals surface area (Å²) in [5.74, 6) is -0.354. The van der Waals surface area contributed by atoms with Crippen LogP contribution in [0.4, 0.5) is 4.79 Å². The van der Waals surface area contributed by atoms with Gasteiger partial charge in [0.2, 0.25) is 0 Å². The molecule has 1 spiro atoms. The Morgan fingerprint density at radius 3 is 2.68 bits per heavy atom. The summed E-state index contributed by atoms with van der Waals surface area (Å²) in [6, 6.07) is 8.30. The Morgan fingerprint density at radius 1 is 1.27 bits per heavy atom. The highest BCUT2D eigenvalue weighted by molar-refractivity contribution is 6.11. The number of benzene rings is 1. The maximum Gasteiger partial charge on any atom is 0.325 e. The van der Waals surface area contributed by atoms with Crippen molar-refractivity contribution in [3.8, 4) is 0 Å². The van der Waals surface area contributed by atoms with Gasteiger partial charge in [0.05, 0.1) is 6.54 Å². The van der Waals surface area contributed by atoms with Crippen LogP contribution in [-0.4, -0.2) is 34.7 Å². The van der Waals surface area contributed by atoms with Gasteiger partial charge in [-0.25, -0.2) is 4.79 Å². The van der Waals surface area contributed by atoms with Gasteiger partial charge in [-0.15, -0.1) is 0 Å². The molecule has 116 valence electrons. The summed E-state index contributed by atoms with van der Waals surface area (Å²) in [5, 5.41) is 2.86. The molecule has 1 saturated heterocycles. The number of carbonyl (C=O) groups excluding carboxylic acids is 3. The minimum Gasteiger partial charge on any atom is -0.323 e. The molecular formula is C17H20N2O3. The number of amides is 3. The van der Waals surface area contributed by atoms with Crippen LogP contribution >= 0.6 is 0 Å². The third-order valence-electron chi connectivity index (χ3n) is 4.90. The predicted molar refractivity (Wildman–Crippen MR) is 81.4 cm³/mol. The lowest BCUT2D eigenvalue weighted by Gasteiger charge is -2.36. The van der Waals surface area contributed by atoms with E-state index in [0.29, 0.717) is 12.0 Å². The van der Waals surface area contributed by atoms with Gasteiger partial charge in [0, 0.05) is 5.56 Å². The van der Waals surface area contributed by atoms with Gasteiger partial charge in [-0.1, -0.05) is 50.1 Å². The van der Waals surface area contributed by atoms with E-state index in [0.717, 1.165) is 24.2 Å². The van der Waals surface area contributed by atoms with E-state index in [1.54, 1.807) is 24.3 Å². The van der Waals surface area contributed by atoms with Crippen molar-refractivity contribution < 1.29 is 14.4 Å². The summed E-state index contributed by atoms with van der Waals surface area (Å²) in [5.41, 5.74) is -0.285. The minimum absolute atomic E-state index is 0.106. The summed E-state index contributed by atoms with van der Waals surface area (Å²) in [6.07, 6.45) is 3.59. The van der Waals surface area contributed by atoms with E-state index in [-0.39, 0.29) is 24.2 Å². The lowest BCUT2D eigenvalue weighted by Crippen LogP contribution is -2.54. The average Bonchev–Trinajstić information content (AvgIpc) is 2.76. The SMILES string of the molecule is CC1CCCCC12NC(=O)N(CC(=O)c1ccccc1)C2=O. The van der Waals surface area contributed by atoms with E-state index >= 15 is 0 Å². The lowest BCUT2D eigenvalue weighted by atomic mass is 9.73. The molecule has 1 aromatic rings. The molecule has 1 heterocycles. The number of imide groups is 1. The summed E-state index contributed by atoms with van der Waals surface area (Å²) in [4.78, 5) is 38.3. The molecule has 5 heteroatoms. The largest absolute Gasteiger partial charge is 0.325 e. The molecule has 3 amide bonds. The molecule has 0 aromatic heterocycles. The van der Waals surface area contributed by atoms with Crippen molar-refractivity contribution in [2.75, 3.05) is 6.54 Å². The second-order valence-electron chi connectivity index (χ2n) is 6.23. The number of nitrogens with zero attached hydrogens (tertiary/aromatic N) is 1. The Morgan fingerprint density at radius 2 is 2.00 bits per heavy atom. The number of ketones is 1. The highest BCUT2D eigenvalue weighted by Gasteiger charge is 2.55. The number of hydrogen-bond acceptors (Lipinski definition) is 3. The van der Waals surface area contributed by atoms with Crippen LogP contribution in [0.3, 0.4) is 0 Å². The normalized spacial score (nSPS) is 28.0. The maximum absolute atomic E-state index is 12.8. The van der Waals surface area contributed by atoms with Gasteiger partial charge >= 0.3 is 6.03 Å². The second-order valence-corrected chi connectivity index (χ2v) is 6.23. The lowest BCUT2D eigenvalue weighted by molar-refractivity contribution is -0.133. The molecule has 3 rings (SSSR count). The number of hydrogen-bond donors (Lipinski definition) is 1. The summed E-state index contributed by atoms with van der Waals surface area (Å²) >= 11 is 0. The Kier molecular flexibility index (Phi) is 3.72. The van der Waals surface area contributed by atoms with Crippen molar-refractivity contribution in [1.29, 1.82) is 0 Å². The van der Waals surface area contributed by atoms with Gasteiger partial charge < -0.3 is 5.32 Å². The molecule has 2 atom stereocenters. The number of urea groups is 1. The van der Waals surface area contributed by atoms with Gasteiger partial charge in [-0.05, 0) is 18.8 Å². The third kappa shape index (κ3) is 2.30. The van der Waals surface area contributed by atoms with Crippen LogP contribution in [0, 0.1) is 5.92 Å². The summed E-state index contributed by atoms with van der Waals surface area (Å²) in [6.45, 7) is 1.81. The zero-order valence-electron chi connectivity index (χ0n) is 12.7. The van der Waals surface area contributed by atoms with E-state index in [1.807, 2.05) is 13.0 Å². The minimum atomic E-state index is -0.799. The van der Waals surface area contributed by atoms with E-state index in [2.05, 4.69) is 5.32 Å². The topological polar surface area (TPSA) is 66.5 Å². The van der Waals surface area contributed by atoms with E-state index in [1.165, 1.54) is 0 Å². The molecule has 22 heavy (non-hydrogen) atoms. The van der Waals surface area contributed by atoms with Crippen molar-refractivity contribution in [3.05, 3.63) is 35.9 Å². The second kappa shape index (κ2) is 5.55. The fourth-order valence-corrected chi connectivity index (χ4v) is 3.50. The van der Waals surface area contributed by atoms with Crippen LogP contribution in [0.1, 0.15) is 43.0 Å². The standard InChI is InChI=1S/C17H20N2O3/c1-12-7-5-6-10-17(12)15(21)19(16(22)18-17)11-14(20)13-8-3-2-4-9-13/h2-4,8-9,12H,5-7,10-11H2,1H3,(H,18,22). The molecule has 1 aliphatic carbocycles. The molecule has 1 N–H and O–H groups in total. The Bertz CT molecular complexity index is 614. The van der Waals surface area contributed by atoms with Gasteiger partial charge in [0.15, 0.2) is 5.78 Å². The summed E-state index contributed by atoms with van der Waals surface area (Å²) in [7, 11) is 0. The molecule has 2 unspecified atom stereocenters. The Hall–Kier alpha value is -2.17. The highest BCUT2D eigenvalue weighted by atomic mass is 16.2. The van der Waals surface area contributed by atoms with Crippen molar-refractivity contribution in [1.82, 2.24) is 10.2 Å². The molecule has 5 nitrogen and oxygen atoms in total. The van der Waals surface area contributed by atoms with E-state index < -0.39 is 11.6 Å². The molecule has 2 aliphatic rings. The number of carbonyl (C=O) groups is 3. The first-order valence-electron chi connectivity index (χ1n) is 7.77. The van der Waals surface area contributed by atoms with Gasteiger partial charge in [-0.2, -0.15) is 0 Å². The first-order chi connectivity index (χ1) is 10.5. The van der Waals surface area contributed by atoms with Crippen molar-refractivity contribution >= 4 is 17.7 Å². The first kappa shape index (κ1) is 14.8. The quantitative estimate of drug-likeness (QED) is 0.688. The third-order valence-corrected chi connectivity index (χ3v) is 4.90. The maximum atomic E-state index is 12.8. The van der Waals surface area contributed by atoms with Crippen molar-refractivity contribution in [3.63, 3.8) is 0 Å². The van der Waals surface area contributed by atoms with Gasteiger partial charge in [-0.3, -0.25) is 14.5 Å². The zero-order chi connectivity index (χ0) is 15.7. The Labute approximate surface area is 129 Å². The van der Waals surface area contributed by atoms with E-state index in [4.69, 9.17) is 0 Å². The number of nitrogens with one attached hydrogen (secondary N) is 1. The molecule has 1 saturated carbocycles. The van der Waals surface area contributed by atoms with Crippen LogP contribution in [0.2, 0.25) is 0 Å². The van der Waals surface area contributed by atoms with Crippen molar-refractivity contribution in [2.24, 2.45) is 5.92 Å². The fourth-order valence-electron chi connectivity index (χ4n) is 3.50. The highest BCUT2D eigenvalue weighted by Crippen LogP contribution is 2.38. The molecule has 0 radical (unpaired) electrons. The molecule has 0 bridgehead atoms. The predicted octanol–water partition coefficient (Wildman–Crippen LogP) is 2.37. The summed E-state index contributed by atoms with van der Waals surface area (Å²) < 4.78 is 0. The van der Waals surface area contributed by atoms with Crippen LogP contribution < -0.4 is 5.32 Å². The van der Waals surface area contributed by atoms with Crippen molar-refractivity contribution in [2.45, 2.75) is 38.1 Å². The molecule has 2 fully saturated rings. The van der Waals surface area contributed by atoms with Crippen LogP contribution in [0.25, 0.3) is 0 Å². The number of Topliss-reactive ketones (excluding diaryl/α,β-unsaturated/α-hetero) is 1. The number of rotatable bonds is 3. The van der Waals surface area contributed by atoms with Crippen LogP contribution in [-0.2, 0) is 4.79 Å². The fraction of sp³-hybridized carbons (Fsp3) is 0.471. The smallest absolute Gasteiger partial charge is 0.323 e. The van der Waals surface area contributed by atoms with E-state index in [9.17, 15) is 14.4 Å². The van der Waals surface area contributed by atoms with Gasteiger partial charge in [0.1, 0.15) is 5.54 Å². The molecule has 1 aromatic carbocycles. The molecule has 1 aliphatic heterocycles. The first-order valence-corrected chi connectivity index (χ1v) is 7.77. The van der Waals surface area contributed by atoms with Gasteiger partial charge in [0.25, 0.3) is 5.91 Å².